The molecule has 1 aromatic heterocycles. The highest BCUT2D eigenvalue weighted by Crippen LogP contribution is 2.31. The molecule has 6 heteroatoms. The molecule has 19 heavy (non-hydrogen) atoms. The number of aromatic nitrogens is 3. The molecular formula is C13H15N3O3. The van der Waals surface area contributed by atoms with Gasteiger partial charge in [0.2, 0.25) is 0 Å². The van der Waals surface area contributed by atoms with Gasteiger partial charge >= 0.3 is 11.7 Å². The lowest BCUT2D eigenvalue weighted by Gasteiger charge is -2.12. The first kappa shape index (κ1) is 13.1. The van der Waals surface area contributed by atoms with Crippen LogP contribution in [0.15, 0.2) is 16.9 Å². The van der Waals surface area contributed by atoms with E-state index in [1.807, 2.05) is 26.0 Å². The fourth-order valence-electron chi connectivity index (χ4n) is 1.97. The van der Waals surface area contributed by atoms with Crippen molar-refractivity contribution in [2.24, 2.45) is 0 Å². The van der Waals surface area contributed by atoms with Crippen LogP contribution in [0.5, 0.6) is 11.8 Å². The van der Waals surface area contributed by atoms with Gasteiger partial charge in [-0.05, 0) is 31.0 Å². The summed E-state index contributed by atoms with van der Waals surface area (Å²) in [5.74, 6) is 1.03. The largest absolute Gasteiger partial charge is 0.496 e. The van der Waals surface area contributed by atoms with Gasteiger partial charge in [-0.3, -0.25) is 4.98 Å². The number of benzene rings is 1. The van der Waals surface area contributed by atoms with E-state index in [-0.39, 0.29) is 6.01 Å². The van der Waals surface area contributed by atoms with E-state index in [9.17, 15) is 4.79 Å². The minimum atomic E-state index is -0.510. The second kappa shape index (κ2) is 5.09. The summed E-state index contributed by atoms with van der Waals surface area (Å²) in [5, 5.41) is 0. The van der Waals surface area contributed by atoms with E-state index in [1.165, 1.54) is 7.11 Å². The van der Waals surface area contributed by atoms with Gasteiger partial charge in [-0.2, -0.15) is 4.98 Å². The fraction of sp³-hybridized carbons (Fsp3) is 0.308. The topological polar surface area (TPSA) is 77.1 Å². The molecule has 0 bridgehead atoms. The van der Waals surface area contributed by atoms with Crippen molar-refractivity contribution < 1.29 is 9.47 Å². The highest BCUT2D eigenvalue weighted by atomic mass is 16.5. The third-order valence-electron chi connectivity index (χ3n) is 2.71. The predicted octanol–water partition coefficient (Wildman–Crippen LogP) is 1.47. The quantitative estimate of drug-likeness (QED) is 0.905. The molecule has 0 radical (unpaired) electrons. The van der Waals surface area contributed by atoms with E-state index in [2.05, 4.69) is 15.0 Å². The average molecular weight is 261 g/mol. The Kier molecular flexibility index (Phi) is 3.50. The molecule has 1 aromatic carbocycles. The van der Waals surface area contributed by atoms with Crippen LogP contribution in [0.4, 0.5) is 0 Å². The number of nitrogens with one attached hydrogen (secondary N) is 1. The van der Waals surface area contributed by atoms with Crippen molar-refractivity contribution >= 4 is 0 Å². The Hall–Kier alpha value is -2.37. The number of aryl methyl sites for hydroxylation is 2. The molecule has 0 aliphatic carbocycles. The summed E-state index contributed by atoms with van der Waals surface area (Å²) in [5.41, 5.74) is 2.24. The van der Waals surface area contributed by atoms with Gasteiger partial charge in [0.25, 0.3) is 0 Å². The molecule has 0 amide bonds. The predicted molar refractivity (Wildman–Crippen MR) is 70.7 cm³/mol. The van der Waals surface area contributed by atoms with Crippen LogP contribution in [0.2, 0.25) is 0 Å². The number of H-pyrrole nitrogens is 1. The highest BCUT2D eigenvalue weighted by Gasteiger charge is 2.14. The third kappa shape index (κ3) is 2.57. The average Bonchev–Trinajstić information content (AvgIpc) is 2.36. The molecular weight excluding hydrogens is 246 g/mol. The maximum absolute atomic E-state index is 11.5. The Labute approximate surface area is 110 Å². The number of hydrogen-bond donors (Lipinski definition) is 1. The lowest BCUT2D eigenvalue weighted by Crippen LogP contribution is -2.14. The number of aromatic amines is 1. The Morgan fingerprint density at radius 2 is 1.84 bits per heavy atom. The molecule has 2 rings (SSSR count). The van der Waals surface area contributed by atoms with Gasteiger partial charge in [0.1, 0.15) is 5.75 Å². The second-order valence-corrected chi connectivity index (χ2v) is 4.15. The normalized spacial score (nSPS) is 10.3. The van der Waals surface area contributed by atoms with Gasteiger partial charge in [0.05, 0.1) is 19.8 Å². The zero-order valence-corrected chi connectivity index (χ0v) is 11.3. The van der Waals surface area contributed by atoms with E-state index >= 15 is 0 Å². The number of nitrogens with zero attached hydrogens (tertiary/aromatic N) is 2. The van der Waals surface area contributed by atoms with Gasteiger partial charge < -0.3 is 9.47 Å². The zero-order valence-electron chi connectivity index (χ0n) is 11.3. The first-order valence-electron chi connectivity index (χ1n) is 5.73. The SMILES string of the molecule is COc1nc(-c2c(C)cc(C)cc2OC)[nH]c(=O)n1. The lowest BCUT2D eigenvalue weighted by atomic mass is 10.0. The Morgan fingerprint density at radius 3 is 2.47 bits per heavy atom. The summed E-state index contributed by atoms with van der Waals surface area (Å²) < 4.78 is 10.3. The standard InChI is InChI=1S/C13H15N3O3/c1-7-5-8(2)10(9(6-7)18-3)11-14-12(17)16-13(15-11)19-4/h5-6H,1-4H3,(H,14,15,16,17). The molecule has 100 valence electrons. The first-order chi connectivity index (χ1) is 9.05. The van der Waals surface area contributed by atoms with Crippen LogP contribution >= 0.6 is 0 Å². The molecule has 0 fully saturated rings. The van der Waals surface area contributed by atoms with Crippen molar-refractivity contribution in [2.45, 2.75) is 13.8 Å². The molecule has 0 spiro atoms. The Bertz CT molecular complexity index is 665. The van der Waals surface area contributed by atoms with E-state index in [0.29, 0.717) is 11.6 Å². The van der Waals surface area contributed by atoms with Crippen molar-refractivity contribution in [2.75, 3.05) is 14.2 Å². The number of hydrogen-bond acceptors (Lipinski definition) is 5. The summed E-state index contributed by atoms with van der Waals surface area (Å²) >= 11 is 0. The number of methoxy groups -OCH3 is 2. The smallest absolute Gasteiger partial charge is 0.351 e. The molecule has 0 atom stereocenters. The molecule has 6 nitrogen and oxygen atoms in total. The van der Waals surface area contributed by atoms with Crippen molar-refractivity contribution in [3.63, 3.8) is 0 Å². The second-order valence-electron chi connectivity index (χ2n) is 4.15. The van der Waals surface area contributed by atoms with Crippen LogP contribution < -0.4 is 15.2 Å². The van der Waals surface area contributed by atoms with Crippen molar-refractivity contribution in [3.05, 3.63) is 33.7 Å². The van der Waals surface area contributed by atoms with Gasteiger partial charge in [-0.1, -0.05) is 6.07 Å². The zero-order chi connectivity index (χ0) is 14.0. The highest BCUT2D eigenvalue weighted by molar-refractivity contribution is 5.69. The van der Waals surface area contributed by atoms with Crippen LogP contribution in [-0.2, 0) is 0 Å². The maximum atomic E-state index is 11.5. The van der Waals surface area contributed by atoms with E-state index in [0.717, 1.165) is 16.7 Å². The summed E-state index contributed by atoms with van der Waals surface area (Å²) in [4.78, 5) is 21.8. The molecule has 0 aliphatic rings. The summed E-state index contributed by atoms with van der Waals surface area (Å²) in [6.07, 6.45) is 0. The summed E-state index contributed by atoms with van der Waals surface area (Å²) in [6.45, 7) is 3.90. The van der Waals surface area contributed by atoms with Gasteiger partial charge in [-0.25, -0.2) is 4.79 Å². The molecule has 1 N–H and O–H groups in total. The van der Waals surface area contributed by atoms with Crippen LogP contribution in [0.3, 0.4) is 0 Å². The van der Waals surface area contributed by atoms with Gasteiger partial charge in [0.15, 0.2) is 5.82 Å². The van der Waals surface area contributed by atoms with E-state index < -0.39 is 5.69 Å². The van der Waals surface area contributed by atoms with Gasteiger partial charge in [-0.15, -0.1) is 4.98 Å². The van der Waals surface area contributed by atoms with Crippen LogP contribution in [0.1, 0.15) is 11.1 Å². The molecule has 1 heterocycles. The van der Waals surface area contributed by atoms with E-state index in [1.54, 1.807) is 7.11 Å². The van der Waals surface area contributed by atoms with Gasteiger partial charge in [0, 0.05) is 0 Å². The van der Waals surface area contributed by atoms with Crippen molar-refractivity contribution in [1.29, 1.82) is 0 Å². The molecule has 0 aliphatic heterocycles. The molecule has 0 unspecified atom stereocenters. The maximum Gasteiger partial charge on any atom is 0.351 e. The first-order valence-corrected chi connectivity index (χ1v) is 5.73. The molecule has 0 saturated carbocycles. The van der Waals surface area contributed by atoms with Crippen LogP contribution in [0.25, 0.3) is 11.4 Å². The minimum absolute atomic E-state index is 0.0285. The van der Waals surface area contributed by atoms with E-state index in [4.69, 9.17) is 9.47 Å². The molecule has 2 aromatic rings. The fourth-order valence-corrected chi connectivity index (χ4v) is 1.97. The Balaban J connectivity index is 2.71. The van der Waals surface area contributed by atoms with Crippen molar-refractivity contribution in [1.82, 2.24) is 15.0 Å². The van der Waals surface area contributed by atoms with Crippen molar-refractivity contribution in [3.8, 4) is 23.1 Å². The van der Waals surface area contributed by atoms with Crippen LogP contribution in [-0.4, -0.2) is 29.2 Å². The molecule has 0 saturated heterocycles. The Morgan fingerprint density at radius 1 is 1.11 bits per heavy atom. The summed E-state index contributed by atoms with van der Waals surface area (Å²) in [6, 6.07) is 3.90. The summed E-state index contributed by atoms with van der Waals surface area (Å²) in [7, 11) is 2.99. The lowest BCUT2D eigenvalue weighted by molar-refractivity contribution is 0.376. The third-order valence-corrected chi connectivity index (χ3v) is 2.71. The van der Waals surface area contributed by atoms with Crippen LogP contribution in [0, 0.1) is 13.8 Å². The number of rotatable bonds is 3. The number of ether oxygens (including phenoxy) is 2. The monoisotopic (exact) mass is 261 g/mol. The minimum Gasteiger partial charge on any atom is -0.496 e.